The van der Waals surface area contributed by atoms with Gasteiger partial charge in [0.1, 0.15) is 0 Å². The lowest BCUT2D eigenvalue weighted by atomic mass is 9.75. The number of non-ortho nitro benzene ring substituents is 1. The number of nitro groups is 1. The summed E-state index contributed by atoms with van der Waals surface area (Å²) in [5, 5.41) is 20.0. The molecule has 0 unspecified atom stereocenters. The topological polar surface area (TPSA) is 89.7 Å². The maximum absolute atomic E-state index is 11.5. The molecule has 1 aromatic rings. The third kappa shape index (κ3) is 2.90. The van der Waals surface area contributed by atoms with Gasteiger partial charge in [0.15, 0.2) is 0 Å². The Bertz CT molecular complexity index is 476. The molecule has 0 radical (unpaired) electrons. The Morgan fingerprint density at radius 3 is 2.37 bits per heavy atom. The van der Waals surface area contributed by atoms with Crippen LogP contribution in [0.1, 0.15) is 18.4 Å². The number of ether oxygens (including phenoxy) is 1. The molecule has 0 saturated carbocycles. The quantitative estimate of drug-likeness (QED) is 0.664. The summed E-state index contributed by atoms with van der Waals surface area (Å²) >= 11 is 0. The Hall–Kier alpha value is -1.95. The lowest BCUT2D eigenvalue weighted by Gasteiger charge is -2.33. The van der Waals surface area contributed by atoms with Crippen molar-refractivity contribution in [1.29, 1.82) is 0 Å². The van der Waals surface area contributed by atoms with Crippen molar-refractivity contribution in [2.45, 2.75) is 19.3 Å². The van der Waals surface area contributed by atoms with Gasteiger partial charge in [-0.3, -0.25) is 14.9 Å². The first-order chi connectivity index (χ1) is 9.03. The van der Waals surface area contributed by atoms with Crippen LogP contribution >= 0.6 is 0 Å². The van der Waals surface area contributed by atoms with E-state index >= 15 is 0 Å². The number of nitro benzene ring substituents is 1. The Morgan fingerprint density at radius 1 is 1.32 bits per heavy atom. The molecule has 0 spiro atoms. The number of hydrogen-bond acceptors (Lipinski definition) is 4. The summed E-state index contributed by atoms with van der Waals surface area (Å²) in [4.78, 5) is 21.6. The van der Waals surface area contributed by atoms with Crippen molar-refractivity contribution in [3.8, 4) is 0 Å². The molecule has 1 aliphatic rings. The van der Waals surface area contributed by atoms with Crippen LogP contribution in [-0.4, -0.2) is 29.2 Å². The van der Waals surface area contributed by atoms with E-state index in [1.165, 1.54) is 12.1 Å². The predicted octanol–water partition coefficient (Wildman–Crippen LogP) is 2.02. The number of carbonyl (C=O) groups is 1. The predicted molar refractivity (Wildman–Crippen MR) is 66.9 cm³/mol. The smallest absolute Gasteiger partial charge is 0.310 e. The van der Waals surface area contributed by atoms with Crippen molar-refractivity contribution in [2.24, 2.45) is 5.41 Å². The van der Waals surface area contributed by atoms with Crippen molar-refractivity contribution in [3.05, 3.63) is 39.9 Å². The molecule has 1 saturated heterocycles. The van der Waals surface area contributed by atoms with Gasteiger partial charge in [-0.05, 0) is 24.8 Å². The average Bonchev–Trinajstić information content (AvgIpc) is 2.40. The van der Waals surface area contributed by atoms with Gasteiger partial charge in [-0.1, -0.05) is 12.1 Å². The van der Waals surface area contributed by atoms with Crippen molar-refractivity contribution >= 4 is 11.7 Å². The number of nitrogens with zero attached hydrogens (tertiary/aromatic N) is 1. The molecule has 0 aromatic heterocycles. The highest BCUT2D eigenvalue weighted by Gasteiger charge is 2.40. The monoisotopic (exact) mass is 265 g/mol. The fourth-order valence-electron chi connectivity index (χ4n) is 2.35. The normalized spacial score (nSPS) is 17.9. The van der Waals surface area contributed by atoms with Gasteiger partial charge in [-0.25, -0.2) is 0 Å². The largest absolute Gasteiger partial charge is 0.481 e. The maximum Gasteiger partial charge on any atom is 0.310 e. The molecular formula is C13H15NO5. The minimum atomic E-state index is -0.825. The van der Waals surface area contributed by atoms with E-state index in [2.05, 4.69) is 0 Å². The molecule has 1 fully saturated rings. The van der Waals surface area contributed by atoms with Crippen LogP contribution in [0.5, 0.6) is 0 Å². The molecule has 0 atom stereocenters. The Morgan fingerprint density at radius 2 is 1.89 bits per heavy atom. The summed E-state index contributed by atoms with van der Waals surface area (Å²) in [5.41, 5.74) is 0.00369. The average molecular weight is 265 g/mol. The van der Waals surface area contributed by atoms with E-state index < -0.39 is 16.3 Å². The summed E-state index contributed by atoms with van der Waals surface area (Å²) in [5.74, 6) is -0.825. The lowest BCUT2D eigenvalue weighted by Crippen LogP contribution is -2.39. The number of rotatable bonds is 4. The van der Waals surface area contributed by atoms with Gasteiger partial charge in [-0.2, -0.15) is 0 Å². The second-order valence-electron chi connectivity index (χ2n) is 4.80. The molecule has 0 aliphatic carbocycles. The Kier molecular flexibility index (Phi) is 3.80. The molecule has 1 heterocycles. The van der Waals surface area contributed by atoms with Crippen LogP contribution in [0.3, 0.4) is 0 Å². The second-order valence-corrected chi connectivity index (χ2v) is 4.80. The van der Waals surface area contributed by atoms with Gasteiger partial charge >= 0.3 is 5.97 Å². The molecule has 0 amide bonds. The zero-order chi connectivity index (χ0) is 13.9. The first-order valence-corrected chi connectivity index (χ1v) is 6.08. The molecule has 2 rings (SSSR count). The fraction of sp³-hybridized carbons (Fsp3) is 0.462. The van der Waals surface area contributed by atoms with Crippen LogP contribution in [0, 0.1) is 15.5 Å². The molecule has 6 heteroatoms. The van der Waals surface area contributed by atoms with E-state index in [1.807, 2.05) is 0 Å². The van der Waals surface area contributed by atoms with Crippen molar-refractivity contribution in [3.63, 3.8) is 0 Å². The van der Waals surface area contributed by atoms with E-state index in [1.54, 1.807) is 12.1 Å². The van der Waals surface area contributed by atoms with E-state index in [4.69, 9.17) is 4.74 Å². The third-order valence-corrected chi connectivity index (χ3v) is 3.59. The Balaban J connectivity index is 2.17. The summed E-state index contributed by atoms with van der Waals surface area (Å²) in [6.45, 7) is 0.887. The van der Waals surface area contributed by atoms with E-state index in [0.29, 0.717) is 32.5 Å². The van der Waals surface area contributed by atoms with Gasteiger partial charge in [0.2, 0.25) is 0 Å². The summed E-state index contributed by atoms with van der Waals surface area (Å²) in [6.07, 6.45) is 1.32. The van der Waals surface area contributed by atoms with Crippen LogP contribution in [-0.2, 0) is 16.0 Å². The first kappa shape index (κ1) is 13.5. The molecule has 102 valence electrons. The van der Waals surface area contributed by atoms with Crippen LogP contribution in [0.2, 0.25) is 0 Å². The van der Waals surface area contributed by atoms with Crippen molar-refractivity contribution in [1.82, 2.24) is 0 Å². The van der Waals surface area contributed by atoms with Gasteiger partial charge in [0.05, 0.1) is 10.3 Å². The number of aliphatic carboxylic acids is 1. The molecule has 1 N–H and O–H groups in total. The summed E-state index contributed by atoms with van der Waals surface area (Å²) < 4.78 is 5.21. The maximum atomic E-state index is 11.5. The van der Waals surface area contributed by atoms with Gasteiger partial charge in [0.25, 0.3) is 5.69 Å². The van der Waals surface area contributed by atoms with Gasteiger partial charge < -0.3 is 9.84 Å². The minimum Gasteiger partial charge on any atom is -0.481 e. The van der Waals surface area contributed by atoms with E-state index in [-0.39, 0.29) is 5.69 Å². The Labute approximate surface area is 110 Å². The number of benzene rings is 1. The lowest BCUT2D eigenvalue weighted by molar-refractivity contribution is -0.384. The zero-order valence-electron chi connectivity index (χ0n) is 10.4. The van der Waals surface area contributed by atoms with Crippen LogP contribution in [0.15, 0.2) is 24.3 Å². The molecule has 19 heavy (non-hydrogen) atoms. The molecule has 1 aromatic carbocycles. The van der Waals surface area contributed by atoms with Gasteiger partial charge in [-0.15, -0.1) is 0 Å². The van der Waals surface area contributed by atoms with Crippen LogP contribution in [0.25, 0.3) is 0 Å². The number of carboxylic acids is 1. The number of carboxylic acid groups (broad SMARTS) is 1. The molecule has 0 bridgehead atoms. The first-order valence-electron chi connectivity index (χ1n) is 6.08. The number of hydrogen-bond donors (Lipinski definition) is 1. The molecule has 6 nitrogen and oxygen atoms in total. The third-order valence-electron chi connectivity index (χ3n) is 3.59. The second kappa shape index (κ2) is 5.36. The standard InChI is InChI=1S/C13H15NO5/c15-12(16)13(5-7-19-8-6-13)9-10-1-3-11(4-2-10)14(17)18/h1-4H,5-9H2,(H,15,16). The highest BCUT2D eigenvalue weighted by atomic mass is 16.6. The molecular weight excluding hydrogens is 250 g/mol. The van der Waals surface area contributed by atoms with Crippen LogP contribution in [0.4, 0.5) is 5.69 Å². The molecule has 1 aliphatic heterocycles. The van der Waals surface area contributed by atoms with Crippen molar-refractivity contribution in [2.75, 3.05) is 13.2 Å². The zero-order valence-corrected chi connectivity index (χ0v) is 10.4. The summed E-state index contributed by atoms with van der Waals surface area (Å²) in [6, 6.07) is 6.06. The van der Waals surface area contributed by atoms with Crippen LogP contribution < -0.4 is 0 Å². The minimum absolute atomic E-state index is 0.0140. The van der Waals surface area contributed by atoms with Gasteiger partial charge in [0, 0.05) is 25.3 Å². The summed E-state index contributed by atoms with van der Waals surface area (Å²) in [7, 11) is 0. The van der Waals surface area contributed by atoms with E-state index in [0.717, 1.165) is 5.56 Å². The highest BCUT2D eigenvalue weighted by Crippen LogP contribution is 2.35. The highest BCUT2D eigenvalue weighted by molar-refractivity contribution is 5.75. The SMILES string of the molecule is O=C(O)C1(Cc2ccc([N+](=O)[O-])cc2)CCOCC1. The van der Waals surface area contributed by atoms with E-state index in [9.17, 15) is 20.0 Å². The fourth-order valence-corrected chi connectivity index (χ4v) is 2.35. The van der Waals surface area contributed by atoms with Crippen molar-refractivity contribution < 1.29 is 19.6 Å².